The van der Waals surface area contributed by atoms with E-state index < -0.39 is 0 Å². The Balaban J connectivity index is 2.15. The van der Waals surface area contributed by atoms with Crippen LogP contribution in [0.25, 0.3) is 10.2 Å². The Morgan fingerprint density at radius 1 is 1.00 bits per heavy atom. The third-order valence-corrected chi connectivity index (χ3v) is 3.79. The van der Waals surface area contributed by atoms with Gasteiger partial charge >= 0.3 is 0 Å². The molecule has 2 aromatic rings. The van der Waals surface area contributed by atoms with Gasteiger partial charge in [-0.3, -0.25) is 0 Å². The summed E-state index contributed by atoms with van der Waals surface area (Å²) in [6.07, 6.45) is 1.61. The Labute approximate surface area is 126 Å². The molecule has 0 bridgehead atoms. The monoisotopic (exact) mass is 319 g/mol. The van der Waals surface area contributed by atoms with Crippen LogP contribution in [0.1, 0.15) is 12.8 Å². The molecule has 0 unspecified atom stereocenters. The summed E-state index contributed by atoms with van der Waals surface area (Å²) >= 11 is 12.9. The van der Waals surface area contributed by atoms with E-state index in [1.54, 1.807) is 11.3 Å². The second-order valence-corrected chi connectivity index (χ2v) is 5.54. The number of halogens is 2. The third kappa shape index (κ3) is 4.13. The van der Waals surface area contributed by atoms with Gasteiger partial charge in [0.05, 0.1) is 28.9 Å². The highest BCUT2D eigenvalue weighted by Gasteiger charge is 2.09. The summed E-state index contributed by atoms with van der Waals surface area (Å²) in [6.45, 7) is 1.16. The number of benzene rings is 1. The van der Waals surface area contributed by atoms with Gasteiger partial charge in [0.25, 0.3) is 0 Å². The van der Waals surface area contributed by atoms with Gasteiger partial charge < -0.3 is 9.47 Å². The quantitative estimate of drug-likeness (QED) is 0.536. The zero-order valence-electron chi connectivity index (χ0n) is 10.4. The van der Waals surface area contributed by atoms with Crippen LogP contribution in [0.2, 0.25) is 0 Å². The number of alkyl halides is 2. The zero-order chi connectivity index (χ0) is 13.5. The number of nitrogens with zero attached hydrogens (tertiary/aromatic N) is 1. The molecule has 1 heterocycles. The summed E-state index contributed by atoms with van der Waals surface area (Å²) < 4.78 is 12.5. The Bertz CT molecular complexity index is 474. The van der Waals surface area contributed by atoms with E-state index in [-0.39, 0.29) is 0 Å². The summed E-state index contributed by atoms with van der Waals surface area (Å²) in [7, 11) is 0. The van der Waals surface area contributed by atoms with E-state index in [4.69, 9.17) is 32.7 Å². The van der Waals surface area contributed by atoms with Crippen molar-refractivity contribution in [2.45, 2.75) is 12.8 Å². The third-order valence-electron chi connectivity index (χ3n) is 2.47. The summed E-state index contributed by atoms with van der Waals surface area (Å²) in [5, 5.41) is 0. The summed E-state index contributed by atoms with van der Waals surface area (Å²) in [5.74, 6) is 2.64. The molecule has 0 fully saturated rings. The fourth-order valence-corrected chi connectivity index (χ4v) is 2.47. The molecule has 0 saturated heterocycles. The molecule has 0 N–H and O–H groups in total. The van der Waals surface area contributed by atoms with Crippen molar-refractivity contribution in [1.82, 2.24) is 4.98 Å². The van der Waals surface area contributed by atoms with Crippen LogP contribution in [-0.4, -0.2) is 30.0 Å². The van der Waals surface area contributed by atoms with Gasteiger partial charge in [0.15, 0.2) is 11.5 Å². The lowest BCUT2D eigenvalue weighted by Gasteiger charge is -2.12. The SMILES string of the molecule is ClCCCOc1cc2ncsc2cc1OCCCCl. The van der Waals surface area contributed by atoms with E-state index in [9.17, 15) is 0 Å². The van der Waals surface area contributed by atoms with Crippen molar-refractivity contribution in [3.05, 3.63) is 17.6 Å². The normalized spacial score (nSPS) is 10.8. The van der Waals surface area contributed by atoms with Gasteiger partial charge in [-0.25, -0.2) is 4.98 Å². The molecule has 104 valence electrons. The van der Waals surface area contributed by atoms with Gasteiger partial charge in [0, 0.05) is 23.9 Å². The predicted molar refractivity (Wildman–Crippen MR) is 81.3 cm³/mol. The molecular formula is C13H15Cl2NO2S. The predicted octanol–water partition coefficient (Wildman–Crippen LogP) is 4.31. The molecule has 19 heavy (non-hydrogen) atoms. The highest BCUT2D eigenvalue weighted by Crippen LogP contribution is 2.34. The Morgan fingerprint density at radius 2 is 1.63 bits per heavy atom. The molecule has 1 aromatic carbocycles. The topological polar surface area (TPSA) is 31.4 Å². The van der Waals surface area contributed by atoms with Crippen LogP contribution in [0, 0.1) is 0 Å². The zero-order valence-corrected chi connectivity index (χ0v) is 12.7. The number of aromatic nitrogens is 1. The van der Waals surface area contributed by atoms with Crippen molar-refractivity contribution >= 4 is 44.8 Å². The van der Waals surface area contributed by atoms with E-state index in [1.807, 2.05) is 17.6 Å². The Hall–Kier alpha value is -0.710. The molecule has 0 aliphatic heterocycles. The van der Waals surface area contributed by atoms with E-state index in [2.05, 4.69) is 4.98 Å². The lowest BCUT2D eigenvalue weighted by molar-refractivity contribution is 0.270. The van der Waals surface area contributed by atoms with E-state index in [0.29, 0.717) is 25.0 Å². The Kier molecular flexibility index (Phi) is 6.01. The summed E-state index contributed by atoms with van der Waals surface area (Å²) in [6, 6.07) is 3.88. The van der Waals surface area contributed by atoms with Crippen molar-refractivity contribution in [2.75, 3.05) is 25.0 Å². The number of hydrogen-bond acceptors (Lipinski definition) is 4. The molecule has 2 rings (SSSR count). The highest BCUT2D eigenvalue weighted by atomic mass is 35.5. The molecule has 0 aliphatic carbocycles. The minimum Gasteiger partial charge on any atom is -0.490 e. The van der Waals surface area contributed by atoms with Crippen molar-refractivity contribution in [2.24, 2.45) is 0 Å². The first-order valence-electron chi connectivity index (χ1n) is 6.10. The van der Waals surface area contributed by atoms with E-state index in [0.717, 1.165) is 34.6 Å². The minimum atomic E-state index is 0.574. The van der Waals surface area contributed by atoms with Gasteiger partial charge in [-0.2, -0.15) is 0 Å². The lowest BCUT2D eigenvalue weighted by Crippen LogP contribution is -2.03. The number of rotatable bonds is 8. The Morgan fingerprint density at radius 3 is 2.26 bits per heavy atom. The number of hydrogen-bond donors (Lipinski definition) is 0. The molecule has 3 nitrogen and oxygen atoms in total. The van der Waals surface area contributed by atoms with Gasteiger partial charge in [-0.1, -0.05) is 0 Å². The first-order chi connectivity index (χ1) is 9.35. The summed E-state index contributed by atoms with van der Waals surface area (Å²) in [4.78, 5) is 4.28. The highest BCUT2D eigenvalue weighted by molar-refractivity contribution is 7.16. The first kappa shape index (κ1) is 14.7. The van der Waals surface area contributed by atoms with Gasteiger partial charge in [-0.15, -0.1) is 34.5 Å². The van der Waals surface area contributed by atoms with E-state index in [1.165, 1.54) is 0 Å². The average Bonchev–Trinajstić information content (AvgIpc) is 2.86. The molecule has 0 atom stereocenters. The number of fused-ring (bicyclic) bond motifs is 1. The average molecular weight is 320 g/mol. The largest absolute Gasteiger partial charge is 0.490 e. The second-order valence-electron chi connectivity index (χ2n) is 3.90. The van der Waals surface area contributed by atoms with Crippen LogP contribution in [0.15, 0.2) is 17.6 Å². The maximum atomic E-state index is 5.72. The van der Waals surface area contributed by atoms with Gasteiger partial charge in [0.2, 0.25) is 0 Å². The fourth-order valence-electron chi connectivity index (χ4n) is 1.56. The molecule has 6 heteroatoms. The molecule has 0 radical (unpaired) electrons. The standard InChI is InChI=1S/C13H15Cl2NO2S/c14-3-1-5-17-11-7-10-13(19-9-16-10)8-12(11)18-6-2-4-15/h7-9H,1-6H2. The molecular weight excluding hydrogens is 305 g/mol. The second kappa shape index (κ2) is 7.78. The van der Waals surface area contributed by atoms with Crippen molar-refractivity contribution in [1.29, 1.82) is 0 Å². The van der Waals surface area contributed by atoms with Crippen molar-refractivity contribution < 1.29 is 9.47 Å². The van der Waals surface area contributed by atoms with E-state index >= 15 is 0 Å². The van der Waals surface area contributed by atoms with Crippen LogP contribution in [0.5, 0.6) is 11.5 Å². The van der Waals surface area contributed by atoms with Gasteiger partial charge in [0.1, 0.15) is 0 Å². The molecule has 0 saturated carbocycles. The number of thiazole rings is 1. The lowest BCUT2D eigenvalue weighted by atomic mass is 10.3. The molecule has 0 aliphatic rings. The first-order valence-corrected chi connectivity index (χ1v) is 8.05. The molecule has 0 spiro atoms. The minimum absolute atomic E-state index is 0.574. The van der Waals surface area contributed by atoms with Crippen LogP contribution in [-0.2, 0) is 0 Å². The van der Waals surface area contributed by atoms with Crippen LogP contribution < -0.4 is 9.47 Å². The molecule has 0 amide bonds. The van der Waals surface area contributed by atoms with Crippen molar-refractivity contribution in [3.8, 4) is 11.5 Å². The molecule has 1 aromatic heterocycles. The maximum Gasteiger partial charge on any atom is 0.163 e. The summed E-state index contributed by atoms with van der Waals surface area (Å²) in [5.41, 5.74) is 2.74. The fraction of sp³-hybridized carbons (Fsp3) is 0.462. The smallest absolute Gasteiger partial charge is 0.163 e. The van der Waals surface area contributed by atoms with Crippen LogP contribution >= 0.6 is 34.5 Å². The number of ether oxygens (including phenoxy) is 2. The maximum absolute atomic E-state index is 5.72. The van der Waals surface area contributed by atoms with Crippen LogP contribution in [0.4, 0.5) is 0 Å². The van der Waals surface area contributed by atoms with Crippen molar-refractivity contribution in [3.63, 3.8) is 0 Å². The van der Waals surface area contributed by atoms with Gasteiger partial charge in [-0.05, 0) is 12.8 Å². The van der Waals surface area contributed by atoms with Crippen LogP contribution in [0.3, 0.4) is 0 Å².